The van der Waals surface area contributed by atoms with Gasteiger partial charge in [0.2, 0.25) is 0 Å². The Kier molecular flexibility index (Phi) is 7.60. The molecule has 55 heavy (non-hydrogen) atoms. The van der Waals surface area contributed by atoms with Crippen LogP contribution in [0.25, 0.3) is 61.6 Å². The van der Waals surface area contributed by atoms with Gasteiger partial charge in [-0.3, -0.25) is 0 Å². The van der Waals surface area contributed by atoms with Gasteiger partial charge in [-0.05, 0) is 69.1 Å². The molecule has 264 valence electrons. The van der Waals surface area contributed by atoms with E-state index in [0.29, 0.717) is 0 Å². The summed E-state index contributed by atoms with van der Waals surface area (Å²) >= 11 is 0. The van der Waals surface area contributed by atoms with Gasteiger partial charge >= 0.3 is 0 Å². The highest BCUT2D eigenvalue weighted by Gasteiger charge is 2.44. The third-order valence-electron chi connectivity index (χ3n) is 11.6. The highest BCUT2D eigenvalue weighted by molar-refractivity contribution is 6.08. The molecule has 0 fully saturated rings. The molecule has 1 aliphatic heterocycles. The molecule has 0 bridgehead atoms. The Labute approximate surface area is 322 Å². The Morgan fingerprint density at radius 1 is 0.545 bits per heavy atom. The minimum atomic E-state index is -0.904. The minimum absolute atomic E-state index is 0.199. The summed E-state index contributed by atoms with van der Waals surface area (Å²) in [7, 11) is 1.70. The first-order chi connectivity index (χ1) is 26.9. The maximum atomic E-state index is 7.55. The van der Waals surface area contributed by atoms with Crippen molar-refractivity contribution >= 4 is 16.8 Å². The average Bonchev–Trinajstić information content (AvgIpc) is 3.50. The van der Waals surface area contributed by atoms with Crippen molar-refractivity contribution in [2.24, 2.45) is 0 Å². The SMILES string of the molecule is COc1ccc(C2(c3ccc(-c4cc(-c5ccccc5)cc(-c5ccccc5)n4)cc3)C=Cc3c4c(c5ccccc5c3O2)-c2ccccc2C4(C)C)cc1. The lowest BCUT2D eigenvalue weighted by atomic mass is 9.76. The van der Waals surface area contributed by atoms with Crippen LogP contribution < -0.4 is 9.47 Å². The van der Waals surface area contributed by atoms with E-state index in [-0.39, 0.29) is 5.41 Å². The number of benzene rings is 7. The molecule has 1 aliphatic carbocycles. The quantitative estimate of drug-likeness (QED) is 0.172. The van der Waals surface area contributed by atoms with E-state index in [1.165, 1.54) is 27.6 Å². The van der Waals surface area contributed by atoms with Gasteiger partial charge in [0.15, 0.2) is 5.60 Å². The monoisotopic (exact) mass is 709 g/mol. The first-order valence-corrected chi connectivity index (χ1v) is 18.9. The molecule has 0 amide bonds. The third kappa shape index (κ3) is 5.22. The fraction of sp³-hybridized carbons (Fsp3) is 0.0962. The molecule has 8 aromatic rings. The molecular weight excluding hydrogens is 671 g/mol. The predicted octanol–water partition coefficient (Wildman–Crippen LogP) is 12.9. The molecule has 3 nitrogen and oxygen atoms in total. The van der Waals surface area contributed by atoms with E-state index in [2.05, 4.69) is 178 Å². The fourth-order valence-corrected chi connectivity index (χ4v) is 8.84. The Morgan fingerprint density at radius 2 is 1.11 bits per heavy atom. The van der Waals surface area contributed by atoms with Crippen LogP contribution in [0.4, 0.5) is 0 Å². The highest BCUT2D eigenvalue weighted by atomic mass is 16.5. The van der Waals surface area contributed by atoms with Crippen LogP contribution in [0.1, 0.15) is 41.7 Å². The summed E-state index contributed by atoms with van der Waals surface area (Å²) in [6.07, 6.45) is 4.56. The molecule has 1 aromatic heterocycles. The molecule has 1 unspecified atom stereocenters. The summed E-state index contributed by atoms with van der Waals surface area (Å²) in [6.45, 7) is 4.68. The van der Waals surface area contributed by atoms with Gasteiger partial charge in [0.05, 0.1) is 18.5 Å². The van der Waals surface area contributed by atoms with E-state index in [1.54, 1.807) is 7.11 Å². The van der Waals surface area contributed by atoms with E-state index < -0.39 is 5.60 Å². The van der Waals surface area contributed by atoms with Crippen molar-refractivity contribution in [2.45, 2.75) is 24.9 Å². The van der Waals surface area contributed by atoms with Crippen LogP contribution in [-0.2, 0) is 11.0 Å². The molecule has 10 rings (SSSR count). The molecule has 2 aliphatic rings. The van der Waals surface area contributed by atoms with Crippen LogP contribution in [0, 0.1) is 0 Å². The van der Waals surface area contributed by atoms with Crippen molar-refractivity contribution in [1.29, 1.82) is 0 Å². The number of nitrogens with zero attached hydrogens (tertiary/aromatic N) is 1. The lowest BCUT2D eigenvalue weighted by Crippen LogP contribution is -2.35. The lowest BCUT2D eigenvalue weighted by Gasteiger charge is -2.38. The van der Waals surface area contributed by atoms with Gasteiger partial charge in [0.25, 0.3) is 0 Å². The van der Waals surface area contributed by atoms with Crippen molar-refractivity contribution in [2.75, 3.05) is 7.11 Å². The number of ether oxygens (including phenoxy) is 2. The second-order valence-electron chi connectivity index (χ2n) is 15.0. The van der Waals surface area contributed by atoms with E-state index in [4.69, 9.17) is 14.5 Å². The van der Waals surface area contributed by atoms with Gasteiger partial charge < -0.3 is 9.47 Å². The Bertz CT molecular complexity index is 2710. The molecule has 2 heterocycles. The zero-order chi connectivity index (χ0) is 37.1. The van der Waals surface area contributed by atoms with Gasteiger partial charge in [0, 0.05) is 38.6 Å². The summed E-state index contributed by atoms with van der Waals surface area (Å²) in [6, 6.07) is 59.9. The topological polar surface area (TPSA) is 31.4 Å². The first-order valence-electron chi connectivity index (χ1n) is 18.9. The molecule has 0 saturated carbocycles. The first kappa shape index (κ1) is 32.9. The van der Waals surface area contributed by atoms with Gasteiger partial charge in [-0.1, -0.05) is 166 Å². The Morgan fingerprint density at radius 3 is 1.78 bits per heavy atom. The van der Waals surface area contributed by atoms with E-state index >= 15 is 0 Å². The molecule has 7 aromatic carbocycles. The van der Waals surface area contributed by atoms with Crippen molar-refractivity contribution < 1.29 is 9.47 Å². The van der Waals surface area contributed by atoms with Gasteiger partial charge in [0.1, 0.15) is 11.5 Å². The van der Waals surface area contributed by atoms with Crippen molar-refractivity contribution in [3.63, 3.8) is 0 Å². The van der Waals surface area contributed by atoms with Crippen LogP contribution >= 0.6 is 0 Å². The third-order valence-corrected chi connectivity index (χ3v) is 11.6. The zero-order valence-electron chi connectivity index (χ0n) is 31.1. The summed E-state index contributed by atoms with van der Waals surface area (Å²) in [4.78, 5) is 5.20. The minimum Gasteiger partial charge on any atom is -0.497 e. The Hall–Kier alpha value is -6.71. The molecule has 0 radical (unpaired) electrons. The summed E-state index contributed by atoms with van der Waals surface area (Å²) < 4.78 is 13.1. The van der Waals surface area contributed by atoms with Crippen LogP contribution in [0.3, 0.4) is 0 Å². The largest absolute Gasteiger partial charge is 0.497 e. The van der Waals surface area contributed by atoms with Crippen molar-refractivity contribution in [3.05, 3.63) is 204 Å². The average molecular weight is 710 g/mol. The number of hydrogen-bond acceptors (Lipinski definition) is 3. The van der Waals surface area contributed by atoms with Crippen LogP contribution in [-0.4, -0.2) is 12.1 Å². The number of methoxy groups -OCH3 is 1. The zero-order valence-corrected chi connectivity index (χ0v) is 31.1. The lowest BCUT2D eigenvalue weighted by molar-refractivity contribution is 0.163. The molecule has 0 spiro atoms. The van der Waals surface area contributed by atoms with Crippen LogP contribution in [0.15, 0.2) is 176 Å². The van der Waals surface area contributed by atoms with Crippen molar-refractivity contribution in [3.8, 4) is 56.3 Å². The molecular formula is C52H39NO2. The number of pyridine rings is 1. The molecule has 1 atom stereocenters. The van der Waals surface area contributed by atoms with E-state index in [0.717, 1.165) is 67.2 Å². The van der Waals surface area contributed by atoms with E-state index in [9.17, 15) is 0 Å². The normalized spacial score (nSPS) is 16.2. The summed E-state index contributed by atoms with van der Waals surface area (Å²) in [5.74, 6) is 1.71. The number of aromatic nitrogens is 1. The van der Waals surface area contributed by atoms with Crippen molar-refractivity contribution in [1.82, 2.24) is 4.98 Å². The summed E-state index contributed by atoms with van der Waals surface area (Å²) in [5, 5.41) is 2.32. The second-order valence-corrected chi connectivity index (χ2v) is 15.0. The number of fused-ring (bicyclic) bond motifs is 8. The standard InChI is InChI=1S/C52H39NO2/c1-51(2)45-21-13-12-20-43(45)48-41-18-10-11-19-42(41)50-44(49(48)51)30-31-52(55-50,39-26-28-40(54-3)29-27-39)38-24-22-36(23-25-38)47-33-37(34-14-6-4-7-15-34)32-46(53-47)35-16-8-5-9-17-35/h4-33H,1-3H3. The van der Waals surface area contributed by atoms with Crippen LogP contribution in [0.5, 0.6) is 11.5 Å². The highest BCUT2D eigenvalue weighted by Crippen LogP contribution is 2.58. The maximum absolute atomic E-state index is 7.55. The second kappa shape index (κ2) is 12.7. The van der Waals surface area contributed by atoms with Gasteiger partial charge in [-0.2, -0.15) is 0 Å². The molecule has 0 N–H and O–H groups in total. The number of hydrogen-bond donors (Lipinski definition) is 0. The van der Waals surface area contributed by atoms with E-state index in [1.807, 2.05) is 18.2 Å². The fourth-order valence-electron chi connectivity index (χ4n) is 8.84. The van der Waals surface area contributed by atoms with Gasteiger partial charge in [-0.25, -0.2) is 4.98 Å². The molecule has 0 saturated heterocycles. The number of rotatable bonds is 6. The molecule has 3 heteroatoms. The Balaban J connectivity index is 1.14. The predicted molar refractivity (Wildman–Crippen MR) is 225 cm³/mol. The maximum Gasteiger partial charge on any atom is 0.178 e. The van der Waals surface area contributed by atoms with Gasteiger partial charge in [-0.15, -0.1) is 0 Å². The van der Waals surface area contributed by atoms with Crippen LogP contribution in [0.2, 0.25) is 0 Å². The smallest absolute Gasteiger partial charge is 0.178 e. The summed E-state index contributed by atoms with van der Waals surface area (Å²) in [5.41, 5.74) is 13.6.